The average Bonchev–Trinajstić information content (AvgIpc) is 3.01. The zero-order valence-electron chi connectivity index (χ0n) is 13.9. The Morgan fingerprint density at radius 1 is 1.28 bits per heavy atom. The fourth-order valence-corrected chi connectivity index (χ4v) is 2.38. The molecule has 0 spiro atoms. The number of nitrogens with one attached hydrogen (secondary N) is 1. The van der Waals surface area contributed by atoms with Gasteiger partial charge in [0.05, 0.1) is 17.8 Å². The molecule has 1 aromatic carbocycles. The summed E-state index contributed by atoms with van der Waals surface area (Å²) < 4.78 is 18.9. The first-order chi connectivity index (χ1) is 12.0. The quantitative estimate of drug-likeness (QED) is 0.769. The van der Waals surface area contributed by atoms with Crippen molar-refractivity contribution < 1.29 is 13.7 Å². The second kappa shape index (κ2) is 7.12. The molecule has 3 rings (SSSR count). The number of carbonyl (C=O) groups excluding carboxylic acids is 1. The van der Waals surface area contributed by atoms with Gasteiger partial charge in [-0.1, -0.05) is 17.3 Å². The minimum Gasteiger partial charge on any atom is -0.361 e. The van der Waals surface area contributed by atoms with Crippen molar-refractivity contribution in [2.75, 3.05) is 12.4 Å². The molecule has 7 heteroatoms. The summed E-state index contributed by atoms with van der Waals surface area (Å²) in [4.78, 5) is 18.4. The highest BCUT2D eigenvalue weighted by molar-refractivity contribution is 5.99. The summed E-state index contributed by atoms with van der Waals surface area (Å²) in [5, 5.41) is 6.76. The third-order valence-electron chi connectivity index (χ3n) is 3.59. The molecule has 6 nitrogen and oxygen atoms in total. The second-order valence-electron chi connectivity index (χ2n) is 5.59. The average molecular weight is 340 g/mol. The molecule has 0 aliphatic carbocycles. The van der Waals surface area contributed by atoms with Gasteiger partial charge in [-0.3, -0.25) is 4.79 Å². The normalized spacial score (nSPS) is 10.5. The molecule has 0 aliphatic heterocycles. The summed E-state index contributed by atoms with van der Waals surface area (Å²) in [6, 6.07) is 11.3. The Hall–Kier alpha value is -3.22. The number of hydrogen-bond donors (Lipinski definition) is 1. The molecule has 1 amide bonds. The first-order valence-electron chi connectivity index (χ1n) is 7.69. The van der Waals surface area contributed by atoms with Crippen LogP contribution in [0, 0.1) is 12.7 Å². The smallest absolute Gasteiger partial charge is 0.257 e. The van der Waals surface area contributed by atoms with Gasteiger partial charge in [0.25, 0.3) is 5.91 Å². The van der Waals surface area contributed by atoms with E-state index >= 15 is 0 Å². The largest absolute Gasteiger partial charge is 0.361 e. The third kappa shape index (κ3) is 3.82. The third-order valence-corrected chi connectivity index (χ3v) is 3.59. The fourth-order valence-electron chi connectivity index (χ4n) is 2.38. The first-order valence-corrected chi connectivity index (χ1v) is 7.69. The van der Waals surface area contributed by atoms with Crippen molar-refractivity contribution in [2.24, 2.45) is 0 Å². The Morgan fingerprint density at radius 2 is 2.08 bits per heavy atom. The lowest BCUT2D eigenvalue weighted by Crippen LogP contribution is -2.27. The van der Waals surface area contributed by atoms with Crippen molar-refractivity contribution in [3.05, 3.63) is 71.5 Å². The number of para-hydroxylation sites is 1. The topological polar surface area (TPSA) is 71.3 Å². The van der Waals surface area contributed by atoms with E-state index in [0.29, 0.717) is 29.4 Å². The van der Waals surface area contributed by atoms with Crippen LogP contribution in [0.5, 0.6) is 0 Å². The lowest BCUT2D eigenvalue weighted by molar-refractivity contribution is 0.0783. The van der Waals surface area contributed by atoms with E-state index in [1.54, 1.807) is 56.6 Å². The van der Waals surface area contributed by atoms with Crippen LogP contribution in [0.4, 0.5) is 15.9 Å². The SMILES string of the molecule is Cc1cc(CN(C)C(=O)c2cccnc2Nc2ccccc2F)no1. The van der Waals surface area contributed by atoms with Gasteiger partial charge in [0.2, 0.25) is 0 Å². The number of nitrogens with zero attached hydrogens (tertiary/aromatic N) is 3. The molecule has 0 radical (unpaired) electrons. The molecule has 0 aliphatic rings. The lowest BCUT2D eigenvalue weighted by Gasteiger charge is -2.18. The molecule has 0 unspecified atom stereocenters. The van der Waals surface area contributed by atoms with Crippen molar-refractivity contribution in [2.45, 2.75) is 13.5 Å². The van der Waals surface area contributed by atoms with Crippen LogP contribution in [-0.2, 0) is 6.54 Å². The first kappa shape index (κ1) is 16.6. The maximum absolute atomic E-state index is 13.9. The summed E-state index contributed by atoms with van der Waals surface area (Å²) in [7, 11) is 1.66. The molecule has 2 aromatic heterocycles. The maximum Gasteiger partial charge on any atom is 0.257 e. The molecule has 0 bridgehead atoms. The Balaban J connectivity index is 1.82. The van der Waals surface area contributed by atoms with Gasteiger partial charge in [0, 0.05) is 19.3 Å². The highest BCUT2D eigenvalue weighted by Crippen LogP contribution is 2.22. The lowest BCUT2D eigenvalue weighted by atomic mass is 10.2. The van der Waals surface area contributed by atoms with Gasteiger partial charge >= 0.3 is 0 Å². The van der Waals surface area contributed by atoms with E-state index in [9.17, 15) is 9.18 Å². The molecule has 0 saturated carbocycles. The Morgan fingerprint density at radius 3 is 2.80 bits per heavy atom. The van der Waals surface area contributed by atoms with Crippen LogP contribution >= 0.6 is 0 Å². The van der Waals surface area contributed by atoms with Crippen molar-refractivity contribution in [1.82, 2.24) is 15.0 Å². The molecular weight excluding hydrogens is 323 g/mol. The second-order valence-corrected chi connectivity index (χ2v) is 5.59. The van der Waals surface area contributed by atoms with Crippen LogP contribution in [0.1, 0.15) is 21.8 Å². The summed E-state index contributed by atoms with van der Waals surface area (Å²) in [6.07, 6.45) is 1.54. The molecule has 0 saturated heterocycles. The van der Waals surface area contributed by atoms with E-state index in [1.807, 2.05) is 0 Å². The van der Waals surface area contributed by atoms with Crippen molar-refractivity contribution in [3.63, 3.8) is 0 Å². The standard InChI is InChI=1S/C18H17FN4O2/c1-12-10-13(22-25-12)11-23(2)18(24)14-6-5-9-20-17(14)21-16-8-4-3-7-15(16)19/h3-10H,11H2,1-2H3,(H,20,21). The number of rotatable bonds is 5. The summed E-state index contributed by atoms with van der Waals surface area (Å²) >= 11 is 0. The number of amides is 1. The van der Waals surface area contributed by atoms with Gasteiger partial charge in [-0.15, -0.1) is 0 Å². The summed E-state index contributed by atoms with van der Waals surface area (Å²) in [5.74, 6) is 0.297. The highest BCUT2D eigenvalue weighted by atomic mass is 19.1. The van der Waals surface area contributed by atoms with E-state index < -0.39 is 5.82 Å². The van der Waals surface area contributed by atoms with Crippen LogP contribution in [0.25, 0.3) is 0 Å². The van der Waals surface area contributed by atoms with Gasteiger partial charge < -0.3 is 14.7 Å². The number of anilines is 2. The zero-order valence-corrected chi connectivity index (χ0v) is 13.9. The molecule has 0 atom stereocenters. The number of aryl methyl sites for hydroxylation is 1. The molecule has 25 heavy (non-hydrogen) atoms. The molecule has 2 heterocycles. The zero-order chi connectivity index (χ0) is 17.8. The highest BCUT2D eigenvalue weighted by Gasteiger charge is 2.18. The Kier molecular flexibility index (Phi) is 4.74. The minimum absolute atomic E-state index is 0.255. The predicted octanol–water partition coefficient (Wildman–Crippen LogP) is 3.53. The van der Waals surface area contributed by atoms with Crippen molar-refractivity contribution in [3.8, 4) is 0 Å². The minimum atomic E-state index is -0.419. The number of halogens is 1. The van der Waals surface area contributed by atoms with Crippen LogP contribution < -0.4 is 5.32 Å². The predicted molar refractivity (Wildman–Crippen MR) is 91.0 cm³/mol. The number of aromatic nitrogens is 2. The maximum atomic E-state index is 13.9. The van der Waals surface area contributed by atoms with Crippen LogP contribution in [-0.4, -0.2) is 28.0 Å². The van der Waals surface area contributed by atoms with E-state index in [-0.39, 0.29) is 11.6 Å². The Labute approximate surface area is 144 Å². The number of benzene rings is 1. The van der Waals surface area contributed by atoms with Gasteiger partial charge in [0.15, 0.2) is 0 Å². The van der Waals surface area contributed by atoms with E-state index in [1.165, 1.54) is 11.0 Å². The number of pyridine rings is 1. The van der Waals surface area contributed by atoms with Crippen molar-refractivity contribution >= 4 is 17.4 Å². The molecule has 128 valence electrons. The van der Waals surface area contributed by atoms with Crippen molar-refractivity contribution in [1.29, 1.82) is 0 Å². The van der Waals surface area contributed by atoms with Crippen LogP contribution in [0.3, 0.4) is 0 Å². The fraction of sp³-hybridized carbons (Fsp3) is 0.167. The number of carbonyl (C=O) groups is 1. The summed E-state index contributed by atoms with van der Waals surface area (Å²) in [5.41, 5.74) is 1.25. The van der Waals surface area contributed by atoms with E-state index in [4.69, 9.17) is 4.52 Å². The molecular formula is C18H17FN4O2. The van der Waals surface area contributed by atoms with Crippen LogP contribution in [0.15, 0.2) is 53.2 Å². The van der Waals surface area contributed by atoms with Gasteiger partial charge in [-0.2, -0.15) is 0 Å². The number of hydrogen-bond acceptors (Lipinski definition) is 5. The van der Waals surface area contributed by atoms with E-state index in [2.05, 4.69) is 15.5 Å². The van der Waals surface area contributed by atoms with Crippen LogP contribution in [0.2, 0.25) is 0 Å². The van der Waals surface area contributed by atoms with Gasteiger partial charge in [-0.05, 0) is 31.2 Å². The Bertz CT molecular complexity index is 894. The monoisotopic (exact) mass is 340 g/mol. The molecule has 3 aromatic rings. The summed E-state index contributed by atoms with van der Waals surface area (Å²) in [6.45, 7) is 2.08. The van der Waals surface area contributed by atoms with E-state index in [0.717, 1.165) is 0 Å². The molecule has 1 N–H and O–H groups in total. The van der Waals surface area contributed by atoms with Gasteiger partial charge in [0.1, 0.15) is 23.1 Å². The van der Waals surface area contributed by atoms with Gasteiger partial charge in [-0.25, -0.2) is 9.37 Å². The molecule has 0 fully saturated rings.